The van der Waals surface area contributed by atoms with Gasteiger partial charge in [-0.3, -0.25) is 9.48 Å². The SMILES string of the molecule is Cc1nn(C)c(C)c1-c1cnc2[nH]cc(-c3ccn4ncc(C(=O)N[C@H](C)C(F)(F)F)c4c3)c2c1. The molecule has 11 heteroatoms. The average Bonchev–Trinajstić information content (AvgIpc) is 3.47. The number of pyridine rings is 2. The highest BCUT2D eigenvalue weighted by molar-refractivity contribution is 6.02. The van der Waals surface area contributed by atoms with Gasteiger partial charge in [-0.1, -0.05) is 0 Å². The van der Waals surface area contributed by atoms with E-state index in [0.717, 1.165) is 46.0 Å². The first-order valence-electron chi connectivity index (χ1n) is 10.9. The van der Waals surface area contributed by atoms with Gasteiger partial charge in [-0.25, -0.2) is 9.50 Å². The van der Waals surface area contributed by atoms with Crippen molar-refractivity contribution in [3.8, 4) is 22.3 Å². The number of nitrogens with one attached hydrogen (secondary N) is 2. The third kappa shape index (κ3) is 3.82. The summed E-state index contributed by atoms with van der Waals surface area (Å²) in [4.78, 5) is 20.3. The van der Waals surface area contributed by atoms with E-state index in [9.17, 15) is 18.0 Å². The maximum Gasteiger partial charge on any atom is 0.408 e. The number of aryl methyl sites for hydroxylation is 2. The van der Waals surface area contributed by atoms with E-state index in [-0.39, 0.29) is 5.56 Å². The van der Waals surface area contributed by atoms with Crippen LogP contribution in [0.2, 0.25) is 0 Å². The predicted molar refractivity (Wildman–Crippen MR) is 125 cm³/mol. The summed E-state index contributed by atoms with van der Waals surface area (Å²) in [6.07, 6.45) is 2.01. The first-order chi connectivity index (χ1) is 16.5. The van der Waals surface area contributed by atoms with Crippen molar-refractivity contribution in [2.75, 3.05) is 0 Å². The molecule has 180 valence electrons. The molecule has 8 nitrogen and oxygen atoms in total. The maximum atomic E-state index is 12.9. The Kier molecular flexibility index (Phi) is 5.15. The van der Waals surface area contributed by atoms with Gasteiger partial charge in [0, 0.05) is 53.4 Å². The number of hydrogen-bond donors (Lipinski definition) is 2. The van der Waals surface area contributed by atoms with Gasteiger partial charge in [-0.2, -0.15) is 23.4 Å². The van der Waals surface area contributed by atoms with Crippen LogP contribution in [0.3, 0.4) is 0 Å². The number of amides is 1. The Morgan fingerprint density at radius 1 is 1.17 bits per heavy atom. The van der Waals surface area contributed by atoms with Crippen LogP contribution in [0.25, 0.3) is 38.8 Å². The molecular formula is C24H22F3N7O. The first-order valence-corrected chi connectivity index (χ1v) is 10.9. The molecule has 0 saturated heterocycles. The minimum absolute atomic E-state index is 0.0585. The molecular weight excluding hydrogens is 459 g/mol. The zero-order valence-corrected chi connectivity index (χ0v) is 19.4. The summed E-state index contributed by atoms with van der Waals surface area (Å²) in [5.41, 5.74) is 6.60. The molecule has 0 aliphatic carbocycles. The average molecular weight is 481 g/mol. The molecule has 35 heavy (non-hydrogen) atoms. The van der Waals surface area contributed by atoms with Crippen molar-refractivity contribution < 1.29 is 18.0 Å². The molecule has 5 heterocycles. The van der Waals surface area contributed by atoms with E-state index in [1.165, 1.54) is 10.7 Å². The van der Waals surface area contributed by atoms with Crippen molar-refractivity contribution in [3.05, 3.63) is 59.9 Å². The van der Waals surface area contributed by atoms with Gasteiger partial charge < -0.3 is 10.3 Å². The van der Waals surface area contributed by atoms with E-state index in [2.05, 4.69) is 20.2 Å². The number of alkyl halides is 3. The van der Waals surface area contributed by atoms with E-state index in [1.807, 2.05) is 49.2 Å². The number of carbonyl (C=O) groups is 1. The van der Waals surface area contributed by atoms with Crippen LogP contribution in [0.5, 0.6) is 0 Å². The number of halogens is 3. The molecule has 0 aliphatic heterocycles. The molecule has 0 bridgehead atoms. The number of nitrogens with zero attached hydrogens (tertiary/aromatic N) is 5. The fourth-order valence-electron chi connectivity index (χ4n) is 4.25. The lowest BCUT2D eigenvalue weighted by Crippen LogP contribution is -2.43. The number of fused-ring (bicyclic) bond motifs is 2. The summed E-state index contributed by atoms with van der Waals surface area (Å²) >= 11 is 0. The second-order valence-electron chi connectivity index (χ2n) is 8.53. The van der Waals surface area contributed by atoms with Crippen molar-refractivity contribution in [2.45, 2.75) is 33.0 Å². The molecule has 0 radical (unpaired) electrons. The molecule has 5 aromatic rings. The highest BCUT2D eigenvalue weighted by Crippen LogP contribution is 2.34. The Balaban J connectivity index is 1.58. The highest BCUT2D eigenvalue weighted by Gasteiger charge is 2.37. The number of aromatic nitrogens is 6. The maximum absolute atomic E-state index is 12.9. The molecule has 1 amide bonds. The van der Waals surface area contributed by atoms with E-state index < -0.39 is 18.1 Å². The Morgan fingerprint density at radius 3 is 2.63 bits per heavy atom. The molecule has 0 unspecified atom stereocenters. The van der Waals surface area contributed by atoms with Crippen molar-refractivity contribution in [1.82, 2.24) is 34.7 Å². The lowest BCUT2D eigenvalue weighted by molar-refractivity contribution is -0.149. The molecule has 0 spiro atoms. The van der Waals surface area contributed by atoms with Gasteiger partial charge in [0.15, 0.2) is 0 Å². The molecule has 5 aromatic heterocycles. The Morgan fingerprint density at radius 2 is 1.94 bits per heavy atom. The fourth-order valence-corrected chi connectivity index (χ4v) is 4.25. The van der Waals surface area contributed by atoms with Crippen LogP contribution >= 0.6 is 0 Å². The van der Waals surface area contributed by atoms with Gasteiger partial charge in [-0.15, -0.1) is 0 Å². The lowest BCUT2D eigenvalue weighted by atomic mass is 10.0. The van der Waals surface area contributed by atoms with E-state index in [1.54, 1.807) is 18.5 Å². The third-order valence-electron chi connectivity index (χ3n) is 6.24. The number of aromatic amines is 1. The predicted octanol–water partition coefficient (Wildman–Crippen LogP) is 4.58. The monoisotopic (exact) mass is 481 g/mol. The van der Waals surface area contributed by atoms with Gasteiger partial charge in [0.2, 0.25) is 0 Å². The molecule has 0 fully saturated rings. The van der Waals surface area contributed by atoms with Crippen LogP contribution in [0, 0.1) is 13.8 Å². The molecule has 2 N–H and O–H groups in total. The summed E-state index contributed by atoms with van der Waals surface area (Å²) < 4.78 is 42.0. The van der Waals surface area contributed by atoms with Gasteiger partial charge >= 0.3 is 6.18 Å². The van der Waals surface area contributed by atoms with Crippen LogP contribution in [0.15, 0.2) is 43.0 Å². The molecule has 0 aliphatic rings. The quantitative estimate of drug-likeness (QED) is 0.393. The largest absolute Gasteiger partial charge is 0.408 e. The second-order valence-corrected chi connectivity index (χ2v) is 8.53. The molecule has 5 rings (SSSR count). The number of rotatable bonds is 4. The number of hydrogen-bond acceptors (Lipinski definition) is 4. The van der Waals surface area contributed by atoms with Crippen molar-refractivity contribution in [2.24, 2.45) is 7.05 Å². The van der Waals surface area contributed by atoms with E-state index >= 15 is 0 Å². The van der Waals surface area contributed by atoms with Crippen LogP contribution in [-0.2, 0) is 7.05 Å². The zero-order valence-electron chi connectivity index (χ0n) is 19.4. The van der Waals surface area contributed by atoms with Crippen LogP contribution < -0.4 is 5.32 Å². The van der Waals surface area contributed by atoms with Crippen molar-refractivity contribution in [3.63, 3.8) is 0 Å². The van der Waals surface area contributed by atoms with Gasteiger partial charge in [0.25, 0.3) is 5.91 Å². The smallest absolute Gasteiger partial charge is 0.346 e. The van der Waals surface area contributed by atoms with Gasteiger partial charge in [0.05, 0.1) is 23.0 Å². The van der Waals surface area contributed by atoms with Crippen LogP contribution in [0.1, 0.15) is 28.7 Å². The summed E-state index contributed by atoms with van der Waals surface area (Å²) in [5, 5.41) is 11.5. The lowest BCUT2D eigenvalue weighted by Gasteiger charge is -2.16. The Hall–Kier alpha value is -4.15. The van der Waals surface area contributed by atoms with Gasteiger partial charge in [-0.05, 0) is 44.5 Å². The minimum Gasteiger partial charge on any atom is -0.346 e. The Bertz CT molecular complexity index is 1590. The first kappa shape index (κ1) is 22.6. The topological polar surface area (TPSA) is 92.9 Å². The van der Waals surface area contributed by atoms with Crippen molar-refractivity contribution >= 4 is 22.5 Å². The highest BCUT2D eigenvalue weighted by atomic mass is 19.4. The summed E-state index contributed by atoms with van der Waals surface area (Å²) in [6.45, 7) is 4.85. The van der Waals surface area contributed by atoms with Crippen molar-refractivity contribution in [1.29, 1.82) is 0 Å². The molecule has 1 atom stereocenters. The number of carbonyl (C=O) groups excluding carboxylic acids is 1. The standard InChI is InChI=1S/C24H22F3N7O/c1-12-21(13(2)33(4)32-12)16-7-17-18(10-29-22(17)28-9-16)15-5-6-34-20(8-15)19(11-30-34)23(35)31-14(3)24(25,26)27/h5-11,14H,1-4H3,(H,28,29)(H,31,35)/t14-/m1/s1. The summed E-state index contributed by atoms with van der Waals surface area (Å²) in [5.74, 6) is -0.840. The van der Waals surface area contributed by atoms with E-state index in [0.29, 0.717) is 11.2 Å². The summed E-state index contributed by atoms with van der Waals surface area (Å²) in [6, 6.07) is 3.61. The third-order valence-corrected chi connectivity index (χ3v) is 6.24. The fraction of sp³-hybridized carbons (Fsp3) is 0.250. The summed E-state index contributed by atoms with van der Waals surface area (Å²) in [7, 11) is 1.89. The zero-order chi connectivity index (χ0) is 25.1. The van der Waals surface area contributed by atoms with Gasteiger partial charge in [0.1, 0.15) is 11.7 Å². The normalized spacial score (nSPS) is 13.0. The second kappa shape index (κ2) is 7.97. The van der Waals surface area contributed by atoms with Crippen LogP contribution in [0.4, 0.5) is 13.2 Å². The minimum atomic E-state index is -4.54. The van der Waals surface area contributed by atoms with Crippen LogP contribution in [-0.4, -0.2) is 47.5 Å². The number of H-pyrrole nitrogens is 1. The van der Waals surface area contributed by atoms with E-state index in [4.69, 9.17) is 0 Å². The molecule has 0 saturated carbocycles. The molecule has 0 aromatic carbocycles. The Labute approximate surface area is 197 Å².